The Labute approximate surface area is 209 Å². The fourth-order valence-electron chi connectivity index (χ4n) is 5.15. The minimum absolute atomic E-state index is 0.0774. The Morgan fingerprint density at radius 1 is 1.03 bits per heavy atom. The Balaban J connectivity index is 1.61. The van der Waals surface area contributed by atoms with Crippen molar-refractivity contribution in [1.82, 2.24) is 0 Å². The molecule has 0 aromatic heterocycles. The van der Waals surface area contributed by atoms with Gasteiger partial charge in [-0.2, -0.15) is 0 Å². The number of rotatable bonds is 14. The Morgan fingerprint density at radius 3 is 2.46 bits per heavy atom. The van der Waals surface area contributed by atoms with Crippen molar-refractivity contribution in [2.45, 2.75) is 107 Å². The maximum absolute atomic E-state index is 10.9. The van der Waals surface area contributed by atoms with Crippen LogP contribution in [0.3, 0.4) is 0 Å². The first-order valence-corrected chi connectivity index (χ1v) is 13.3. The molecule has 6 atom stereocenters. The molecule has 0 spiro atoms. The molecule has 35 heavy (non-hydrogen) atoms. The number of hydrogen-bond acceptors (Lipinski definition) is 7. The van der Waals surface area contributed by atoms with Gasteiger partial charge in [0, 0.05) is 13.2 Å². The molecule has 6 unspecified atom stereocenters. The van der Waals surface area contributed by atoms with Crippen molar-refractivity contribution in [3.63, 3.8) is 0 Å². The third-order valence-electron chi connectivity index (χ3n) is 7.22. The van der Waals surface area contributed by atoms with Gasteiger partial charge in [-0.15, -0.1) is 6.58 Å². The summed E-state index contributed by atoms with van der Waals surface area (Å²) in [6.07, 6.45) is 6.38. The van der Waals surface area contributed by atoms with Crippen LogP contribution in [0.1, 0.15) is 69.8 Å². The fraction of sp³-hybridized carbons (Fsp3) is 0.714. The maximum atomic E-state index is 10.9. The molecule has 1 aliphatic heterocycles. The van der Waals surface area contributed by atoms with Crippen molar-refractivity contribution >= 4 is 0 Å². The highest BCUT2D eigenvalue weighted by atomic mass is 16.7. The van der Waals surface area contributed by atoms with Crippen LogP contribution in [0, 0.1) is 5.92 Å². The van der Waals surface area contributed by atoms with Gasteiger partial charge < -0.3 is 34.6 Å². The molecule has 0 amide bonds. The molecule has 7 heteroatoms. The summed E-state index contributed by atoms with van der Waals surface area (Å²) < 4.78 is 18.0. The van der Waals surface area contributed by atoms with Gasteiger partial charge in [-0.1, -0.05) is 63.2 Å². The van der Waals surface area contributed by atoms with Crippen molar-refractivity contribution < 1.29 is 34.6 Å². The predicted octanol–water partition coefficient (Wildman–Crippen LogP) is 3.51. The second-order valence-corrected chi connectivity index (χ2v) is 9.97. The van der Waals surface area contributed by atoms with E-state index in [1.165, 1.54) is 38.5 Å². The minimum atomic E-state index is -1.33. The topological polar surface area (TPSA) is 109 Å². The fourth-order valence-corrected chi connectivity index (χ4v) is 5.15. The quantitative estimate of drug-likeness (QED) is 0.232. The molecule has 1 saturated heterocycles. The first-order chi connectivity index (χ1) is 17.0. The first kappa shape index (κ1) is 28.1. The highest BCUT2D eigenvalue weighted by Crippen LogP contribution is 2.30. The second kappa shape index (κ2) is 14.9. The van der Waals surface area contributed by atoms with Crippen molar-refractivity contribution in [2.75, 3.05) is 13.2 Å². The van der Waals surface area contributed by atoms with E-state index in [2.05, 4.69) is 6.58 Å². The largest absolute Gasteiger partial charge is 0.462 e. The van der Waals surface area contributed by atoms with Crippen LogP contribution in [0.2, 0.25) is 0 Å². The lowest BCUT2D eigenvalue weighted by molar-refractivity contribution is -0.297. The second-order valence-electron chi connectivity index (χ2n) is 9.97. The molecule has 1 aromatic carbocycles. The first-order valence-electron chi connectivity index (χ1n) is 13.3. The Bertz CT molecular complexity index is 719. The number of benzene rings is 1. The van der Waals surface area contributed by atoms with Gasteiger partial charge >= 0.3 is 0 Å². The summed E-state index contributed by atoms with van der Waals surface area (Å²) in [6, 6.07) is 7.50. The smallest absolute Gasteiger partial charge is 0.229 e. The van der Waals surface area contributed by atoms with E-state index in [1.807, 2.05) is 30.3 Å². The van der Waals surface area contributed by atoms with Crippen LogP contribution in [0.15, 0.2) is 36.9 Å². The Morgan fingerprint density at radius 2 is 1.77 bits per heavy atom. The van der Waals surface area contributed by atoms with Gasteiger partial charge in [-0.05, 0) is 49.3 Å². The van der Waals surface area contributed by atoms with E-state index in [4.69, 9.17) is 19.3 Å². The number of unbranched alkanes of at least 4 members (excludes halogenated alkanes) is 1. The monoisotopic (exact) mass is 492 g/mol. The van der Waals surface area contributed by atoms with E-state index in [1.54, 1.807) is 0 Å². The van der Waals surface area contributed by atoms with Gasteiger partial charge in [0.05, 0.1) is 6.10 Å². The molecule has 1 aliphatic carbocycles. The zero-order valence-electron chi connectivity index (χ0n) is 20.8. The number of aliphatic hydroxyl groups is 4. The Hall–Kier alpha value is -1.48. The summed E-state index contributed by atoms with van der Waals surface area (Å²) in [7, 11) is 0. The molecular formula is C28H44O7. The normalized spacial score (nSPS) is 28.5. The molecule has 0 bridgehead atoms. The van der Waals surface area contributed by atoms with E-state index in [0.29, 0.717) is 18.8 Å². The van der Waals surface area contributed by atoms with E-state index in [-0.39, 0.29) is 13.0 Å². The highest BCUT2D eigenvalue weighted by molar-refractivity contribution is 5.28. The average molecular weight is 493 g/mol. The minimum Gasteiger partial charge on any atom is -0.462 e. The van der Waals surface area contributed by atoms with Crippen LogP contribution in [-0.4, -0.2) is 70.4 Å². The number of ether oxygens (including phenoxy) is 3. The number of hydrogen-bond donors (Lipinski definition) is 4. The lowest BCUT2D eigenvalue weighted by Gasteiger charge is -2.43. The maximum Gasteiger partial charge on any atom is 0.229 e. The zero-order chi connectivity index (χ0) is 25.0. The van der Waals surface area contributed by atoms with Crippen LogP contribution in [0.4, 0.5) is 0 Å². The van der Waals surface area contributed by atoms with E-state index < -0.39 is 36.8 Å². The molecule has 7 nitrogen and oxygen atoms in total. The average Bonchev–Trinajstić information content (AvgIpc) is 2.88. The molecule has 198 valence electrons. The van der Waals surface area contributed by atoms with Crippen LogP contribution in [-0.2, 0) is 15.9 Å². The summed E-state index contributed by atoms with van der Waals surface area (Å²) in [5, 5.41) is 41.2. The summed E-state index contributed by atoms with van der Waals surface area (Å²) in [6.45, 7) is 4.11. The van der Waals surface area contributed by atoms with Crippen molar-refractivity contribution in [2.24, 2.45) is 5.92 Å². The van der Waals surface area contributed by atoms with Crippen LogP contribution < -0.4 is 4.74 Å². The van der Waals surface area contributed by atoms with E-state index in [0.717, 1.165) is 30.7 Å². The van der Waals surface area contributed by atoms with Crippen LogP contribution in [0.25, 0.3) is 0 Å². The van der Waals surface area contributed by atoms with Crippen LogP contribution in [0.5, 0.6) is 5.75 Å². The predicted molar refractivity (Wildman–Crippen MR) is 134 cm³/mol. The molecule has 1 heterocycles. The SMILES string of the molecule is C=CCc1ccc(OC2OC(C(O)CCCO)C(O)C(O)C2OCCCCC2CCCCC2)cc1. The van der Waals surface area contributed by atoms with Crippen molar-refractivity contribution in [3.05, 3.63) is 42.5 Å². The van der Waals surface area contributed by atoms with Crippen LogP contribution >= 0.6 is 0 Å². The molecule has 0 radical (unpaired) electrons. The lowest BCUT2D eigenvalue weighted by Crippen LogP contribution is -2.62. The van der Waals surface area contributed by atoms with Gasteiger partial charge in [0.15, 0.2) is 0 Å². The molecule has 1 saturated carbocycles. The molecule has 3 rings (SSSR count). The summed E-state index contributed by atoms with van der Waals surface area (Å²) in [4.78, 5) is 0. The van der Waals surface area contributed by atoms with Gasteiger partial charge in [0.1, 0.15) is 30.2 Å². The van der Waals surface area contributed by atoms with E-state index >= 15 is 0 Å². The van der Waals surface area contributed by atoms with Crippen molar-refractivity contribution in [1.29, 1.82) is 0 Å². The number of aliphatic hydroxyl groups excluding tert-OH is 4. The van der Waals surface area contributed by atoms with Gasteiger partial charge in [0.2, 0.25) is 6.29 Å². The molecule has 4 N–H and O–H groups in total. The van der Waals surface area contributed by atoms with Crippen molar-refractivity contribution in [3.8, 4) is 5.75 Å². The molecule has 1 aromatic rings. The van der Waals surface area contributed by atoms with Gasteiger partial charge in [0.25, 0.3) is 0 Å². The van der Waals surface area contributed by atoms with Gasteiger partial charge in [-0.3, -0.25) is 0 Å². The third-order valence-corrected chi connectivity index (χ3v) is 7.22. The summed E-state index contributed by atoms with van der Waals surface area (Å²) in [5.41, 5.74) is 1.09. The molecular weight excluding hydrogens is 448 g/mol. The Kier molecular flexibility index (Phi) is 12.0. The summed E-state index contributed by atoms with van der Waals surface area (Å²) >= 11 is 0. The van der Waals surface area contributed by atoms with Gasteiger partial charge in [-0.25, -0.2) is 0 Å². The lowest BCUT2D eigenvalue weighted by atomic mass is 9.86. The molecule has 2 fully saturated rings. The zero-order valence-corrected chi connectivity index (χ0v) is 20.8. The number of allylic oxidation sites excluding steroid dienone is 1. The molecule has 2 aliphatic rings. The summed E-state index contributed by atoms with van der Waals surface area (Å²) in [5.74, 6) is 1.36. The highest BCUT2D eigenvalue weighted by Gasteiger charge is 2.48. The standard InChI is InChI=1S/C28H44O7/c1-2-9-20-14-16-22(17-15-20)34-28-27(33-19-7-6-12-21-10-4-3-5-11-21)25(32)24(31)26(35-28)23(30)13-8-18-29/h2,14-17,21,23-32H,1,3-13,18-19H2. The van der Waals surface area contributed by atoms with E-state index in [9.17, 15) is 15.3 Å². The third kappa shape index (κ3) is 8.55.